The Balaban J connectivity index is 1.54. The molecule has 0 aromatic heterocycles. The predicted octanol–water partition coefficient (Wildman–Crippen LogP) is 2.71. The molecule has 0 aliphatic heterocycles. The molecule has 0 radical (unpaired) electrons. The van der Waals surface area contributed by atoms with Crippen LogP contribution in [0.2, 0.25) is 0 Å². The van der Waals surface area contributed by atoms with Crippen molar-refractivity contribution in [1.29, 1.82) is 0 Å². The van der Waals surface area contributed by atoms with E-state index in [2.05, 4.69) is 4.74 Å². The highest BCUT2D eigenvalue weighted by molar-refractivity contribution is 5.88. The first-order valence-corrected chi connectivity index (χ1v) is 7.52. The van der Waals surface area contributed by atoms with Crippen LogP contribution in [-0.4, -0.2) is 30.8 Å². The fourth-order valence-electron chi connectivity index (χ4n) is 4.11. The average molecular weight is 320 g/mol. The summed E-state index contributed by atoms with van der Waals surface area (Å²) in [5.74, 6) is -0.563. The Labute approximate surface area is 126 Å². The van der Waals surface area contributed by atoms with Crippen molar-refractivity contribution in [2.75, 3.05) is 6.79 Å². The van der Waals surface area contributed by atoms with Gasteiger partial charge in [0.2, 0.25) is 0 Å². The molecule has 5 atom stereocenters. The zero-order valence-electron chi connectivity index (χ0n) is 12.5. The topological polar surface area (TPSA) is 52.6 Å². The summed E-state index contributed by atoms with van der Waals surface area (Å²) >= 11 is 0. The quantitative estimate of drug-likeness (QED) is 0.590. The molecule has 0 aromatic carbocycles. The van der Waals surface area contributed by atoms with Crippen molar-refractivity contribution in [2.45, 2.75) is 45.4 Å². The van der Waals surface area contributed by atoms with Gasteiger partial charge in [0, 0.05) is 11.8 Å². The molecule has 0 heterocycles. The van der Waals surface area contributed by atoms with E-state index in [-0.39, 0.29) is 29.6 Å². The van der Waals surface area contributed by atoms with Crippen LogP contribution in [-0.2, 0) is 19.1 Å². The van der Waals surface area contributed by atoms with E-state index in [1.54, 1.807) is 0 Å². The van der Waals surface area contributed by atoms with Crippen molar-refractivity contribution in [1.82, 2.24) is 0 Å². The van der Waals surface area contributed by atoms with Crippen LogP contribution in [0.3, 0.4) is 0 Å². The van der Waals surface area contributed by atoms with Crippen LogP contribution in [0.15, 0.2) is 0 Å². The lowest BCUT2D eigenvalue weighted by Gasteiger charge is -2.31. The van der Waals surface area contributed by atoms with E-state index in [1.807, 2.05) is 0 Å². The minimum Gasteiger partial charge on any atom is -0.438 e. The lowest BCUT2D eigenvalue weighted by molar-refractivity contribution is -0.232. The van der Waals surface area contributed by atoms with Crippen LogP contribution >= 0.6 is 0 Å². The van der Waals surface area contributed by atoms with Crippen LogP contribution in [0.5, 0.6) is 0 Å². The molecule has 4 fully saturated rings. The molecule has 0 spiro atoms. The second kappa shape index (κ2) is 4.94. The third kappa shape index (κ3) is 2.25. The summed E-state index contributed by atoms with van der Waals surface area (Å²) in [5.41, 5.74) is -2.57. The number of carbonyl (C=O) groups excluding carboxylic acids is 2. The maximum absolute atomic E-state index is 12.7. The van der Waals surface area contributed by atoms with Crippen LogP contribution in [0, 0.1) is 29.1 Å². The molecule has 4 bridgehead atoms. The van der Waals surface area contributed by atoms with Gasteiger partial charge in [0.1, 0.15) is 5.78 Å². The average Bonchev–Trinajstić information content (AvgIpc) is 2.82. The predicted molar refractivity (Wildman–Crippen MR) is 68.5 cm³/mol. The fourth-order valence-corrected chi connectivity index (χ4v) is 4.11. The lowest BCUT2D eigenvalue weighted by atomic mass is 9.80. The third-order valence-corrected chi connectivity index (χ3v) is 5.52. The zero-order chi connectivity index (χ0) is 16.3. The molecule has 7 heteroatoms. The number of hydrogen-bond acceptors (Lipinski definition) is 4. The highest BCUT2D eigenvalue weighted by Gasteiger charge is 2.60. The van der Waals surface area contributed by atoms with Gasteiger partial charge >= 0.3 is 12.1 Å². The first-order valence-electron chi connectivity index (χ1n) is 7.52. The van der Waals surface area contributed by atoms with E-state index in [0.29, 0.717) is 5.92 Å². The molecular weight excluding hydrogens is 301 g/mol. The largest absolute Gasteiger partial charge is 0.438 e. The fraction of sp³-hybridized carbons (Fsp3) is 0.867. The number of Topliss-reactive ketones (excluding diaryl/α,β-unsaturated/α-hetero) is 1. The van der Waals surface area contributed by atoms with Crippen molar-refractivity contribution in [3.63, 3.8) is 0 Å². The number of alkyl halides is 3. The highest BCUT2D eigenvalue weighted by atomic mass is 19.4. The van der Waals surface area contributed by atoms with Gasteiger partial charge in [-0.05, 0) is 44.9 Å². The SMILES string of the molecule is CC(C)(C(=O)OCOC1C2CC3CC(C2=O)C1C3)C(F)(F)F. The van der Waals surface area contributed by atoms with E-state index < -0.39 is 24.4 Å². The Morgan fingerprint density at radius 2 is 1.82 bits per heavy atom. The van der Waals surface area contributed by atoms with Crippen molar-refractivity contribution in [3.8, 4) is 0 Å². The smallest absolute Gasteiger partial charge is 0.404 e. The molecule has 5 unspecified atom stereocenters. The first-order chi connectivity index (χ1) is 10.1. The van der Waals surface area contributed by atoms with E-state index in [4.69, 9.17) is 4.74 Å². The van der Waals surface area contributed by atoms with Crippen molar-refractivity contribution in [3.05, 3.63) is 0 Å². The molecule has 4 rings (SSSR count). The number of ether oxygens (including phenoxy) is 2. The number of hydrogen-bond donors (Lipinski definition) is 0. The molecule has 4 nitrogen and oxygen atoms in total. The second-order valence-electron chi connectivity index (χ2n) is 7.16. The molecule has 0 saturated heterocycles. The maximum Gasteiger partial charge on any atom is 0.404 e. The first kappa shape index (κ1) is 15.8. The van der Waals surface area contributed by atoms with Crippen molar-refractivity contribution in [2.24, 2.45) is 29.1 Å². The van der Waals surface area contributed by atoms with Gasteiger partial charge in [-0.25, -0.2) is 0 Å². The Kier molecular flexibility index (Phi) is 3.54. The van der Waals surface area contributed by atoms with Gasteiger partial charge in [0.25, 0.3) is 0 Å². The lowest BCUT2D eigenvalue weighted by Crippen LogP contribution is -2.42. The van der Waals surface area contributed by atoms with Crippen LogP contribution in [0.1, 0.15) is 33.1 Å². The molecular formula is C15H19F3O4. The molecule has 0 N–H and O–H groups in total. The summed E-state index contributed by atoms with van der Waals surface area (Å²) in [6.07, 6.45) is -2.36. The molecule has 0 amide bonds. The molecule has 4 aliphatic carbocycles. The van der Waals surface area contributed by atoms with E-state index >= 15 is 0 Å². The summed E-state index contributed by atoms with van der Waals surface area (Å²) in [6, 6.07) is 0. The van der Waals surface area contributed by atoms with Gasteiger partial charge < -0.3 is 9.47 Å². The van der Waals surface area contributed by atoms with Crippen molar-refractivity contribution >= 4 is 11.8 Å². The van der Waals surface area contributed by atoms with E-state index in [0.717, 1.165) is 33.1 Å². The summed E-state index contributed by atoms with van der Waals surface area (Å²) < 4.78 is 48.3. The number of halogens is 3. The van der Waals surface area contributed by atoms with Gasteiger partial charge in [0.05, 0.1) is 6.10 Å². The summed E-state index contributed by atoms with van der Waals surface area (Å²) in [7, 11) is 0. The van der Waals surface area contributed by atoms with Gasteiger partial charge in [-0.15, -0.1) is 0 Å². The summed E-state index contributed by atoms with van der Waals surface area (Å²) in [4.78, 5) is 23.7. The third-order valence-electron chi connectivity index (χ3n) is 5.52. The molecule has 22 heavy (non-hydrogen) atoms. The Bertz CT molecular complexity index is 500. The number of esters is 1. The minimum atomic E-state index is -4.68. The maximum atomic E-state index is 12.7. The number of rotatable bonds is 4. The number of ketones is 1. The van der Waals surface area contributed by atoms with E-state index in [9.17, 15) is 22.8 Å². The van der Waals surface area contributed by atoms with Gasteiger partial charge in [-0.3, -0.25) is 9.59 Å². The highest BCUT2D eigenvalue weighted by Crippen LogP contribution is 2.57. The molecule has 4 aliphatic rings. The van der Waals surface area contributed by atoms with Crippen LogP contribution in [0.4, 0.5) is 13.2 Å². The summed E-state index contributed by atoms with van der Waals surface area (Å²) in [6.45, 7) is 1.02. The van der Waals surface area contributed by atoms with Crippen molar-refractivity contribution < 1.29 is 32.2 Å². The van der Waals surface area contributed by atoms with Gasteiger partial charge in [0.15, 0.2) is 12.2 Å². The van der Waals surface area contributed by atoms with Gasteiger partial charge in [-0.2, -0.15) is 13.2 Å². The number of carbonyl (C=O) groups is 2. The molecule has 0 aromatic rings. The van der Waals surface area contributed by atoms with E-state index in [1.165, 1.54) is 0 Å². The van der Waals surface area contributed by atoms with Gasteiger partial charge in [-0.1, -0.05) is 0 Å². The monoisotopic (exact) mass is 320 g/mol. The zero-order valence-corrected chi connectivity index (χ0v) is 12.5. The standard InChI is InChI=1S/C15H19F3O4/c1-14(2,15(16,17)18)13(20)22-6-21-12-9-4-7-3-8(9)11(19)10(12)5-7/h7-10,12H,3-6H2,1-2H3. The minimum absolute atomic E-state index is 0.0380. The Morgan fingerprint density at radius 1 is 1.18 bits per heavy atom. The Morgan fingerprint density at radius 3 is 2.41 bits per heavy atom. The summed E-state index contributed by atoms with van der Waals surface area (Å²) in [5, 5.41) is 0. The normalized spacial score (nSPS) is 37.0. The second-order valence-corrected chi connectivity index (χ2v) is 7.16. The Hall–Kier alpha value is -1.11. The molecule has 124 valence electrons. The van der Waals surface area contributed by atoms with Crippen LogP contribution < -0.4 is 0 Å². The molecule has 4 saturated carbocycles. The van der Waals surface area contributed by atoms with Crippen LogP contribution in [0.25, 0.3) is 0 Å².